The number of hydrogen-bond donors (Lipinski definition) is 0. The van der Waals surface area contributed by atoms with Crippen molar-refractivity contribution < 1.29 is 9.53 Å². The zero-order chi connectivity index (χ0) is 11.8. The van der Waals surface area contributed by atoms with E-state index >= 15 is 0 Å². The molecular weight excluding hydrogens is 200 g/mol. The highest BCUT2D eigenvalue weighted by Crippen LogP contribution is 2.09. The van der Waals surface area contributed by atoms with Gasteiger partial charge in [0.05, 0.1) is 13.5 Å². The topological polar surface area (TPSA) is 26.3 Å². The van der Waals surface area contributed by atoms with Crippen LogP contribution in [0, 0.1) is 5.92 Å². The van der Waals surface area contributed by atoms with E-state index in [1.807, 2.05) is 24.3 Å². The Morgan fingerprint density at radius 1 is 1.38 bits per heavy atom. The minimum Gasteiger partial charge on any atom is -0.469 e. The van der Waals surface area contributed by atoms with Crippen LogP contribution < -0.4 is 0 Å². The molecular formula is C14H18O2. The molecule has 0 aliphatic heterocycles. The molecule has 0 aromatic heterocycles. The summed E-state index contributed by atoms with van der Waals surface area (Å²) in [4.78, 5) is 10.9. The van der Waals surface area contributed by atoms with Crippen LogP contribution in [-0.2, 0) is 16.0 Å². The van der Waals surface area contributed by atoms with Crippen molar-refractivity contribution in [3.05, 3.63) is 48.0 Å². The summed E-state index contributed by atoms with van der Waals surface area (Å²) in [6.45, 7) is 2.14. The zero-order valence-electron chi connectivity index (χ0n) is 9.85. The Balaban J connectivity index is 2.36. The van der Waals surface area contributed by atoms with Crippen molar-refractivity contribution in [2.24, 2.45) is 5.92 Å². The molecule has 0 spiro atoms. The van der Waals surface area contributed by atoms with E-state index in [4.69, 9.17) is 0 Å². The highest BCUT2D eigenvalue weighted by atomic mass is 16.5. The predicted molar refractivity (Wildman–Crippen MR) is 65.1 cm³/mol. The Bertz CT molecular complexity index is 341. The maximum absolute atomic E-state index is 10.9. The fraction of sp³-hybridized carbons (Fsp3) is 0.357. The second-order valence-electron chi connectivity index (χ2n) is 3.88. The van der Waals surface area contributed by atoms with Gasteiger partial charge in [-0.3, -0.25) is 4.79 Å². The number of benzene rings is 1. The molecule has 0 heterocycles. The number of carbonyl (C=O) groups excluding carboxylic acids is 1. The number of rotatable bonds is 5. The molecule has 16 heavy (non-hydrogen) atoms. The lowest BCUT2D eigenvalue weighted by Gasteiger charge is -2.05. The van der Waals surface area contributed by atoms with Crippen molar-refractivity contribution >= 4 is 5.97 Å². The quantitative estimate of drug-likeness (QED) is 0.561. The molecule has 0 radical (unpaired) electrons. The Labute approximate surface area is 96.9 Å². The van der Waals surface area contributed by atoms with Crippen molar-refractivity contribution in [3.8, 4) is 0 Å². The first-order valence-electron chi connectivity index (χ1n) is 5.49. The number of carbonyl (C=O) groups is 1. The molecule has 2 nitrogen and oxygen atoms in total. The van der Waals surface area contributed by atoms with Crippen LogP contribution >= 0.6 is 0 Å². The van der Waals surface area contributed by atoms with E-state index in [9.17, 15) is 4.79 Å². The molecule has 1 aromatic rings. The molecule has 0 amide bonds. The van der Waals surface area contributed by atoms with E-state index in [0.29, 0.717) is 12.3 Å². The molecule has 0 unspecified atom stereocenters. The second-order valence-corrected chi connectivity index (χ2v) is 3.88. The highest BCUT2D eigenvalue weighted by Gasteiger charge is 2.00. The van der Waals surface area contributed by atoms with Gasteiger partial charge in [-0.05, 0) is 17.9 Å². The van der Waals surface area contributed by atoms with Gasteiger partial charge < -0.3 is 4.74 Å². The smallest absolute Gasteiger partial charge is 0.309 e. The van der Waals surface area contributed by atoms with Crippen LogP contribution in [0.5, 0.6) is 0 Å². The molecule has 0 N–H and O–H groups in total. The normalized spacial score (nSPS) is 12.6. The van der Waals surface area contributed by atoms with Crippen molar-refractivity contribution in [2.75, 3.05) is 7.11 Å². The maximum Gasteiger partial charge on any atom is 0.309 e. The lowest BCUT2D eigenvalue weighted by molar-refractivity contribution is -0.139. The standard InChI is InChI=1S/C14H18O2/c1-12(7-6-10-14(15)16-2)11-13-8-4-3-5-9-13/h3-9,12H,10-11H2,1-2H3/b7-6+/t12-/m1/s1. The van der Waals surface area contributed by atoms with Gasteiger partial charge in [0.1, 0.15) is 0 Å². The van der Waals surface area contributed by atoms with Crippen molar-refractivity contribution in [2.45, 2.75) is 19.8 Å². The molecule has 1 aromatic carbocycles. The Kier molecular flexibility index (Phi) is 5.34. The van der Waals surface area contributed by atoms with Gasteiger partial charge in [0.25, 0.3) is 0 Å². The van der Waals surface area contributed by atoms with Crippen LogP contribution in [-0.4, -0.2) is 13.1 Å². The van der Waals surface area contributed by atoms with Gasteiger partial charge in [0.15, 0.2) is 0 Å². The van der Waals surface area contributed by atoms with Crippen molar-refractivity contribution in [1.29, 1.82) is 0 Å². The summed E-state index contributed by atoms with van der Waals surface area (Å²) < 4.78 is 4.56. The molecule has 0 aliphatic rings. The van der Waals surface area contributed by atoms with Gasteiger partial charge >= 0.3 is 5.97 Å². The van der Waals surface area contributed by atoms with Gasteiger partial charge in [-0.1, -0.05) is 49.4 Å². The summed E-state index contributed by atoms with van der Waals surface area (Å²) >= 11 is 0. The number of methoxy groups -OCH3 is 1. The van der Waals surface area contributed by atoms with Crippen molar-refractivity contribution in [3.63, 3.8) is 0 Å². The van der Waals surface area contributed by atoms with Gasteiger partial charge in [-0.2, -0.15) is 0 Å². The van der Waals surface area contributed by atoms with E-state index in [0.717, 1.165) is 6.42 Å². The molecule has 86 valence electrons. The fourth-order valence-electron chi connectivity index (χ4n) is 1.53. The lowest BCUT2D eigenvalue weighted by atomic mass is 10.0. The fourth-order valence-corrected chi connectivity index (χ4v) is 1.53. The van der Waals surface area contributed by atoms with E-state index in [1.165, 1.54) is 12.7 Å². The van der Waals surface area contributed by atoms with E-state index < -0.39 is 0 Å². The molecule has 0 saturated carbocycles. The second kappa shape index (κ2) is 6.83. The number of hydrogen-bond acceptors (Lipinski definition) is 2. The number of esters is 1. The summed E-state index contributed by atoms with van der Waals surface area (Å²) in [6, 6.07) is 10.3. The van der Waals surface area contributed by atoms with Gasteiger partial charge in [-0.15, -0.1) is 0 Å². The maximum atomic E-state index is 10.9. The van der Waals surface area contributed by atoms with E-state index in [1.54, 1.807) is 0 Å². The van der Waals surface area contributed by atoms with Crippen LogP contribution in [0.15, 0.2) is 42.5 Å². The number of allylic oxidation sites excluding steroid dienone is 1. The third kappa shape index (κ3) is 4.78. The highest BCUT2D eigenvalue weighted by molar-refractivity contribution is 5.70. The summed E-state index contributed by atoms with van der Waals surface area (Å²) in [5.41, 5.74) is 1.32. The third-order valence-electron chi connectivity index (χ3n) is 2.38. The van der Waals surface area contributed by atoms with Crippen LogP contribution in [0.3, 0.4) is 0 Å². The third-order valence-corrected chi connectivity index (χ3v) is 2.38. The summed E-state index contributed by atoms with van der Waals surface area (Å²) in [5, 5.41) is 0. The van der Waals surface area contributed by atoms with Crippen LogP contribution in [0.2, 0.25) is 0 Å². The Morgan fingerprint density at radius 2 is 2.06 bits per heavy atom. The van der Waals surface area contributed by atoms with Crippen LogP contribution in [0.4, 0.5) is 0 Å². The lowest BCUT2D eigenvalue weighted by Crippen LogP contribution is -1.99. The van der Waals surface area contributed by atoms with Gasteiger partial charge in [0.2, 0.25) is 0 Å². The van der Waals surface area contributed by atoms with E-state index in [-0.39, 0.29) is 5.97 Å². The molecule has 2 heteroatoms. The van der Waals surface area contributed by atoms with Crippen molar-refractivity contribution in [1.82, 2.24) is 0 Å². The Morgan fingerprint density at radius 3 is 2.69 bits per heavy atom. The van der Waals surface area contributed by atoms with Gasteiger partial charge in [-0.25, -0.2) is 0 Å². The molecule has 1 rings (SSSR count). The first kappa shape index (κ1) is 12.5. The van der Waals surface area contributed by atoms with Crippen LogP contribution in [0.25, 0.3) is 0 Å². The van der Waals surface area contributed by atoms with Gasteiger partial charge in [0, 0.05) is 0 Å². The summed E-state index contributed by atoms with van der Waals surface area (Å²) in [5.74, 6) is 0.246. The average Bonchev–Trinajstić information content (AvgIpc) is 2.30. The minimum absolute atomic E-state index is 0.192. The largest absolute Gasteiger partial charge is 0.469 e. The summed E-state index contributed by atoms with van der Waals surface area (Å²) in [6.07, 6.45) is 5.29. The monoisotopic (exact) mass is 218 g/mol. The Hall–Kier alpha value is -1.57. The molecule has 0 aliphatic carbocycles. The molecule has 0 saturated heterocycles. The first-order chi connectivity index (χ1) is 7.72. The summed E-state index contributed by atoms with van der Waals surface area (Å²) in [7, 11) is 1.41. The number of ether oxygens (including phenoxy) is 1. The zero-order valence-corrected chi connectivity index (χ0v) is 9.85. The van der Waals surface area contributed by atoms with E-state index in [2.05, 4.69) is 29.9 Å². The molecule has 0 fully saturated rings. The first-order valence-corrected chi connectivity index (χ1v) is 5.49. The minimum atomic E-state index is -0.192. The SMILES string of the molecule is COC(=O)C/C=C/[C@@H](C)Cc1ccccc1. The molecule has 1 atom stereocenters. The van der Waals surface area contributed by atoms with Crippen LogP contribution in [0.1, 0.15) is 18.9 Å². The molecule has 0 bridgehead atoms. The average molecular weight is 218 g/mol. The predicted octanol–water partition coefficient (Wildman–Crippen LogP) is 2.98.